The van der Waals surface area contributed by atoms with E-state index in [1.165, 1.54) is 5.69 Å². The van der Waals surface area contributed by atoms with Crippen LogP contribution in [0.1, 0.15) is 6.92 Å². The third-order valence-corrected chi connectivity index (χ3v) is 5.34. The highest BCUT2D eigenvalue weighted by Crippen LogP contribution is 2.26. The molecule has 0 radical (unpaired) electrons. The van der Waals surface area contributed by atoms with Crippen LogP contribution in [0, 0.1) is 0 Å². The number of piperazine rings is 1. The zero-order valence-electron chi connectivity index (χ0n) is 17.0. The van der Waals surface area contributed by atoms with Crippen LogP contribution in [0.25, 0.3) is 0 Å². The minimum atomic E-state index is 0.853. The number of rotatable bonds is 6. The first-order valence-electron chi connectivity index (χ1n) is 10.1. The van der Waals surface area contributed by atoms with Gasteiger partial charge in [0.15, 0.2) is 0 Å². The number of ether oxygens (including phenoxy) is 1. The molecule has 0 saturated carbocycles. The highest BCUT2D eigenvalue weighted by Gasteiger charge is 2.20. The Labute approximate surface area is 172 Å². The van der Waals surface area contributed by atoms with Gasteiger partial charge in [-0.2, -0.15) is 0 Å². The fraction of sp³-hybridized carbons (Fsp3) is 0.304. The van der Waals surface area contributed by atoms with Crippen molar-refractivity contribution in [1.29, 1.82) is 0 Å². The molecule has 1 saturated heterocycles. The van der Waals surface area contributed by atoms with E-state index in [1.54, 1.807) is 13.4 Å². The number of anilines is 4. The second-order valence-corrected chi connectivity index (χ2v) is 6.99. The number of para-hydroxylation sites is 1. The summed E-state index contributed by atoms with van der Waals surface area (Å²) in [5.41, 5.74) is 2.37. The van der Waals surface area contributed by atoms with Crippen molar-refractivity contribution in [2.45, 2.75) is 6.92 Å². The van der Waals surface area contributed by atoms with Crippen LogP contribution < -0.4 is 19.4 Å². The van der Waals surface area contributed by atoms with Gasteiger partial charge >= 0.3 is 0 Å². The Hall–Kier alpha value is -3.28. The zero-order valence-corrected chi connectivity index (χ0v) is 17.0. The van der Waals surface area contributed by atoms with Gasteiger partial charge in [0.2, 0.25) is 0 Å². The summed E-state index contributed by atoms with van der Waals surface area (Å²) in [7, 11) is 1.70. The van der Waals surface area contributed by atoms with Gasteiger partial charge in [0.25, 0.3) is 0 Å². The number of hydrogen-bond donors (Lipinski definition) is 0. The molecule has 0 unspecified atom stereocenters. The van der Waals surface area contributed by atoms with E-state index in [4.69, 9.17) is 4.74 Å². The van der Waals surface area contributed by atoms with Crippen molar-refractivity contribution in [3.8, 4) is 5.75 Å². The van der Waals surface area contributed by atoms with E-state index in [1.807, 2.05) is 18.2 Å². The summed E-state index contributed by atoms with van der Waals surface area (Å²) in [4.78, 5) is 16.0. The summed E-state index contributed by atoms with van der Waals surface area (Å²) in [6.45, 7) is 6.78. The first kappa shape index (κ1) is 19.1. The molecule has 0 aliphatic carbocycles. The Morgan fingerprint density at radius 2 is 1.59 bits per heavy atom. The average molecular weight is 390 g/mol. The van der Waals surface area contributed by atoms with Crippen LogP contribution in [-0.2, 0) is 0 Å². The SMILES string of the molecule is CCN(c1ccccc1)c1cc(N2CCN(c3ccc(OC)cc3)CC2)ncn1. The third-order valence-electron chi connectivity index (χ3n) is 5.34. The Morgan fingerprint density at radius 3 is 2.24 bits per heavy atom. The Kier molecular flexibility index (Phi) is 5.79. The molecule has 0 spiro atoms. The number of aromatic nitrogens is 2. The maximum Gasteiger partial charge on any atom is 0.138 e. The molecule has 0 bridgehead atoms. The van der Waals surface area contributed by atoms with E-state index >= 15 is 0 Å². The van der Waals surface area contributed by atoms with Gasteiger partial charge in [0, 0.05) is 50.2 Å². The molecule has 2 heterocycles. The van der Waals surface area contributed by atoms with E-state index in [9.17, 15) is 0 Å². The molecule has 1 aromatic heterocycles. The minimum Gasteiger partial charge on any atom is -0.497 e. The first-order valence-corrected chi connectivity index (χ1v) is 10.1. The minimum absolute atomic E-state index is 0.853. The summed E-state index contributed by atoms with van der Waals surface area (Å²) < 4.78 is 5.26. The van der Waals surface area contributed by atoms with Crippen LogP contribution in [0.3, 0.4) is 0 Å². The van der Waals surface area contributed by atoms with Gasteiger partial charge < -0.3 is 19.4 Å². The van der Waals surface area contributed by atoms with E-state index in [0.717, 1.165) is 55.8 Å². The fourth-order valence-corrected chi connectivity index (χ4v) is 3.73. The van der Waals surface area contributed by atoms with E-state index in [-0.39, 0.29) is 0 Å². The number of methoxy groups -OCH3 is 1. The summed E-state index contributed by atoms with van der Waals surface area (Å²) in [5.74, 6) is 2.81. The predicted octanol–water partition coefficient (Wildman–Crippen LogP) is 3.97. The van der Waals surface area contributed by atoms with Crippen molar-refractivity contribution in [3.05, 3.63) is 67.0 Å². The number of hydrogen-bond acceptors (Lipinski definition) is 6. The molecule has 0 atom stereocenters. The Balaban J connectivity index is 1.45. The maximum absolute atomic E-state index is 5.26. The third kappa shape index (κ3) is 4.26. The summed E-state index contributed by atoms with van der Waals surface area (Å²) in [6, 6.07) is 20.7. The molecule has 0 amide bonds. The molecule has 3 aromatic rings. The summed E-state index contributed by atoms with van der Waals surface area (Å²) >= 11 is 0. The standard InChI is InChI=1S/C23H27N5O/c1-3-28(20-7-5-4-6-8-20)23-17-22(24-18-25-23)27-15-13-26(14-16-27)19-9-11-21(29-2)12-10-19/h4-12,17-18H,3,13-16H2,1-2H3. The lowest BCUT2D eigenvalue weighted by Crippen LogP contribution is -2.46. The molecule has 1 aliphatic rings. The molecule has 1 fully saturated rings. The van der Waals surface area contributed by atoms with Gasteiger partial charge in [-0.1, -0.05) is 18.2 Å². The van der Waals surface area contributed by atoms with Gasteiger partial charge in [-0.3, -0.25) is 0 Å². The van der Waals surface area contributed by atoms with Crippen LogP contribution in [-0.4, -0.2) is 49.8 Å². The predicted molar refractivity (Wildman–Crippen MR) is 119 cm³/mol. The number of benzene rings is 2. The largest absolute Gasteiger partial charge is 0.497 e. The quantitative estimate of drug-likeness (QED) is 0.636. The van der Waals surface area contributed by atoms with E-state index in [0.29, 0.717) is 0 Å². The monoisotopic (exact) mass is 389 g/mol. The average Bonchev–Trinajstić information content (AvgIpc) is 2.81. The van der Waals surface area contributed by atoms with Crippen molar-refractivity contribution >= 4 is 23.0 Å². The van der Waals surface area contributed by atoms with Gasteiger partial charge in [0.1, 0.15) is 23.7 Å². The van der Waals surface area contributed by atoms with Gasteiger partial charge in [-0.05, 0) is 43.3 Å². The van der Waals surface area contributed by atoms with Gasteiger partial charge in [-0.15, -0.1) is 0 Å². The molecule has 29 heavy (non-hydrogen) atoms. The highest BCUT2D eigenvalue weighted by atomic mass is 16.5. The topological polar surface area (TPSA) is 44.7 Å². The van der Waals surface area contributed by atoms with Crippen LogP contribution in [0.5, 0.6) is 5.75 Å². The lowest BCUT2D eigenvalue weighted by atomic mass is 10.2. The zero-order chi connectivity index (χ0) is 20.1. The lowest BCUT2D eigenvalue weighted by Gasteiger charge is -2.37. The Morgan fingerprint density at radius 1 is 0.897 bits per heavy atom. The molecule has 6 nitrogen and oxygen atoms in total. The molecule has 150 valence electrons. The normalized spacial score (nSPS) is 14.0. The van der Waals surface area contributed by atoms with Crippen LogP contribution in [0.15, 0.2) is 67.0 Å². The second kappa shape index (κ2) is 8.82. The van der Waals surface area contributed by atoms with E-state index in [2.05, 4.69) is 74.1 Å². The lowest BCUT2D eigenvalue weighted by molar-refractivity contribution is 0.415. The van der Waals surface area contributed by atoms with Crippen LogP contribution >= 0.6 is 0 Å². The van der Waals surface area contributed by atoms with Gasteiger partial charge in [-0.25, -0.2) is 9.97 Å². The van der Waals surface area contributed by atoms with Crippen molar-refractivity contribution < 1.29 is 4.74 Å². The molecule has 1 aliphatic heterocycles. The fourth-order valence-electron chi connectivity index (χ4n) is 3.73. The first-order chi connectivity index (χ1) is 14.3. The van der Waals surface area contributed by atoms with Crippen LogP contribution in [0.2, 0.25) is 0 Å². The molecule has 2 aromatic carbocycles. The molecule has 4 rings (SSSR count). The van der Waals surface area contributed by atoms with Crippen LogP contribution in [0.4, 0.5) is 23.0 Å². The van der Waals surface area contributed by atoms with Crippen molar-refractivity contribution in [2.75, 3.05) is 54.5 Å². The van der Waals surface area contributed by atoms with Gasteiger partial charge in [0.05, 0.1) is 7.11 Å². The van der Waals surface area contributed by atoms with Crippen molar-refractivity contribution in [2.24, 2.45) is 0 Å². The molecule has 6 heteroatoms. The molecular formula is C23H27N5O. The van der Waals surface area contributed by atoms with E-state index < -0.39 is 0 Å². The second-order valence-electron chi connectivity index (χ2n) is 6.99. The molecular weight excluding hydrogens is 362 g/mol. The Bertz CT molecular complexity index is 908. The number of nitrogens with zero attached hydrogens (tertiary/aromatic N) is 5. The van der Waals surface area contributed by atoms with Crippen molar-refractivity contribution in [3.63, 3.8) is 0 Å². The maximum atomic E-state index is 5.26. The van der Waals surface area contributed by atoms with Crippen molar-refractivity contribution in [1.82, 2.24) is 9.97 Å². The molecule has 0 N–H and O–H groups in total. The summed E-state index contributed by atoms with van der Waals surface area (Å²) in [5, 5.41) is 0. The highest BCUT2D eigenvalue weighted by molar-refractivity contribution is 5.62. The smallest absolute Gasteiger partial charge is 0.138 e. The summed E-state index contributed by atoms with van der Waals surface area (Å²) in [6.07, 6.45) is 1.67.